The molecule has 2 aliphatic heterocycles. The first-order valence-electron chi connectivity index (χ1n) is 11.4. The normalized spacial score (nSPS) is 18.4. The molecule has 10 nitrogen and oxygen atoms in total. The van der Waals surface area contributed by atoms with E-state index in [2.05, 4.69) is 5.32 Å². The summed E-state index contributed by atoms with van der Waals surface area (Å²) in [6.07, 6.45) is 1.62. The molecule has 0 spiro atoms. The molecule has 1 fully saturated rings. The number of fused-ring (bicyclic) bond motifs is 1. The Bertz CT molecular complexity index is 1510. The zero-order valence-corrected chi connectivity index (χ0v) is 19.9. The number of benzene rings is 3. The Balaban J connectivity index is 1.55. The third-order valence-corrected chi connectivity index (χ3v) is 6.33. The fraction of sp³-hybridized carbons (Fsp3) is 0.111. The number of urea groups is 1. The summed E-state index contributed by atoms with van der Waals surface area (Å²) >= 11 is 0. The highest BCUT2D eigenvalue weighted by molar-refractivity contribution is 6.24. The Morgan fingerprint density at radius 2 is 1.68 bits per heavy atom. The van der Waals surface area contributed by atoms with Gasteiger partial charge in [-0.1, -0.05) is 42.5 Å². The van der Waals surface area contributed by atoms with Gasteiger partial charge in [0.15, 0.2) is 0 Å². The van der Waals surface area contributed by atoms with Crippen molar-refractivity contribution in [3.8, 4) is 0 Å². The number of aliphatic imine (C=N–C) groups is 1. The Morgan fingerprint density at radius 1 is 0.973 bits per heavy atom. The number of nitro groups is 1. The molecule has 2 aliphatic rings. The quantitative estimate of drug-likeness (QED) is 0.186. The van der Waals surface area contributed by atoms with Crippen LogP contribution in [0.15, 0.2) is 83.5 Å². The van der Waals surface area contributed by atoms with E-state index in [-0.39, 0.29) is 23.2 Å². The Morgan fingerprint density at radius 3 is 2.30 bits per heavy atom. The van der Waals surface area contributed by atoms with E-state index in [1.807, 2.05) is 30.3 Å². The van der Waals surface area contributed by atoms with Crippen molar-refractivity contribution in [1.82, 2.24) is 9.80 Å². The lowest BCUT2D eigenvalue weighted by molar-refractivity contribution is -0.384. The van der Waals surface area contributed by atoms with Gasteiger partial charge in [0.05, 0.1) is 16.3 Å². The minimum Gasteiger partial charge on any atom is -0.325 e. The molecule has 1 saturated heterocycles. The van der Waals surface area contributed by atoms with Crippen LogP contribution in [-0.4, -0.2) is 52.4 Å². The summed E-state index contributed by atoms with van der Waals surface area (Å²) in [5, 5.41) is 14.2. The molecule has 1 unspecified atom stereocenters. The Kier molecular flexibility index (Phi) is 5.84. The first kappa shape index (κ1) is 23.6. The highest BCUT2D eigenvalue weighted by atomic mass is 16.6. The van der Waals surface area contributed by atoms with Crippen molar-refractivity contribution >= 4 is 46.7 Å². The van der Waals surface area contributed by atoms with Crippen LogP contribution < -0.4 is 5.32 Å². The van der Waals surface area contributed by atoms with E-state index in [1.165, 1.54) is 37.2 Å². The van der Waals surface area contributed by atoms with Crippen molar-refractivity contribution in [2.45, 2.75) is 5.92 Å². The fourth-order valence-corrected chi connectivity index (χ4v) is 4.37. The highest BCUT2D eigenvalue weighted by Crippen LogP contribution is 2.38. The number of nitro benzene ring substituents is 1. The Hall–Kier alpha value is -5.12. The largest absolute Gasteiger partial charge is 0.331 e. The number of non-ortho nitro benzene ring substituents is 1. The molecule has 5 rings (SSSR count). The topological polar surface area (TPSA) is 125 Å². The van der Waals surface area contributed by atoms with Gasteiger partial charge >= 0.3 is 6.03 Å². The van der Waals surface area contributed by atoms with Gasteiger partial charge in [-0.2, -0.15) is 0 Å². The van der Waals surface area contributed by atoms with E-state index >= 15 is 0 Å². The highest BCUT2D eigenvalue weighted by Gasteiger charge is 2.37. The lowest BCUT2D eigenvalue weighted by Gasteiger charge is -2.14. The molecule has 184 valence electrons. The molecule has 3 aromatic rings. The summed E-state index contributed by atoms with van der Waals surface area (Å²) in [6.45, 7) is 0. The minimum atomic E-state index is -0.842. The molecule has 0 saturated carbocycles. The van der Waals surface area contributed by atoms with Gasteiger partial charge in [0, 0.05) is 37.5 Å². The number of carbonyl (C=O) groups is 3. The third kappa shape index (κ3) is 4.25. The number of nitrogens with zero attached hydrogens (tertiary/aromatic N) is 4. The van der Waals surface area contributed by atoms with Gasteiger partial charge in [-0.25, -0.2) is 4.79 Å². The average Bonchev–Trinajstić information content (AvgIpc) is 3.32. The van der Waals surface area contributed by atoms with Crippen molar-refractivity contribution in [2.24, 2.45) is 4.99 Å². The van der Waals surface area contributed by atoms with E-state index in [4.69, 9.17) is 4.99 Å². The van der Waals surface area contributed by atoms with Crippen molar-refractivity contribution in [3.05, 3.63) is 105 Å². The predicted molar refractivity (Wildman–Crippen MR) is 137 cm³/mol. The van der Waals surface area contributed by atoms with Gasteiger partial charge in [0.1, 0.15) is 11.6 Å². The maximum atomic E-state index is 13.0. The number of hydrogen-bond donors (Lipinski definition) is 1. The SMILES string of the molecule is CN1C(=O)C(=Cc2ccc(N=C(c3ccccc3)C3C(=O)Nc4ccc([N+](=O)[O-])cc43)cc2)N(C)C1=O. The van der Waals surface area contributed by atoms with E-state index < -0.39 is 16.9 Å². The number of hydrogen-bond acceptors (Lipinski definition) is 6. The standard InChI is InChI=1S/C27H21N5O5/c1-30-22(26(34)31(2)27(30)35)14-16-8-10-18(11-9-16)28-24(17-6-4-3-5-7-17)23-20-15-19(32(36)37)12-13-21(20)29-25(23)33/h3-15,23H,1-2H3,(H,29,33). The van der Waals surface area contributed by atoms with Crippen molar-refractivity contribution < 1.29 is 19.3 Å². The van der Waals surface area contributed by atoms with Crippen LogP contribution in [0.1, 0.15) is 22.6 Å². The number of carbonyl (C=O) groups excluding carboxylic acids is 3. The van der Waals surface area contributed by atoms with Crippen LogP contribution in [0.3, 0.4) is 0 Å². The molecule has 2 heterocycles. The number of likely N-dealkylation sites (N-methyl/N-ethyl adjacent to an activating group) is 2. The van der Waals surface area contributed by atoms with E-state index in [1.54, 1.807) is 30.3 Å². The maximum absolute atomic E-state index is 13.0. The van der Waals surface area contributed by atoms with Crippen molar-refractivity contribution in [3.63, 3.8) is 0 Å². The second-order valence-corrected chi connectivity index (χ2v) is 8.64. The molecule has 1 N–H and O–H groups in total. The zero-order chi connectivity index (χ0) is 26.3. The summed E-state index contributed by atoms with van der Waals surface area (Å²) < 4.78 is 0. The molecule has 0 radical (unpaired) electrons. The van der Waals surface area contributed by atoms with E-state index in [9.17, 15) is 24.5 Å². The predicted octanol–water partition coefficient (Wildman–Crippen LogP) is 4.32. The molecule has 3 aromatic carbocycles. The van der Waals surface area contributed by atoms with Crippen molar-refractivity contribution in [1.29, 1.82) is 0 Å². The summed E-state index contributed by atoms with van der Waals surface area (Å²) in [7, 11) is 2.96. The van der Waals surface area contributed by atoms with Crippen LogP contribution in [0.25, 0.3) is 6.08 Å². The van der Waals surface area contributed by atoms with E-state index in [0.29, 0.717) is 33.8 Å². The summed E-state index contributed by atoms with van der Waals surface area (Å²) in [5.74, 6) is -1.55. The molecule has 37 heavy (non-hydrogen) atoms. The van der Waals surface area contributed by atoms with Crippen molar-refractivity contribution in [2.75, 3.05) is 19.4 Å². The number of nitrogens with one attached hydrogen (secondary N) is 1. The Labute approximate surface area is 211 Å². The molecule has 0 bridgehead atoms. The number of amides is 4. The van der Waals surface area contributed by atoms with Crippen LogP contribution in [0.4, 0.5) is 21.9 Å². The second-order valence-electron chi connectivity index (χ2n) is 8.64. The van der Waals surface area contributed by atoms with Crippen LogP contribution in [0.2, 0.25) is 0 Å². The fourth-order valence-electron chi connectivity index (χ4n) is 4.37. The lowest BCUT2D eigenvalue weighted by atomic mass is 9.90. The number of anilines is 1. The molecular weight excluding hydrogens is 474 g/mol. The summed E-state index contributed by atoms with van der Waals surface area (Å²) in [5.41, 5.74) is 3.53. The molecule has 0 aliphatic carbocycles. The second kappa shape index (κ2) is 9.15. The summed E-state index contributed by atoms with van der Waals surface area (Å²) in [6, 6.07) is 20.0. The van der Waals surface area contributed by atoms with Gasteiger partial charge < -0.3 is 5.32 Å². The van der Waals surface area contributed by atoms with Crippen LogP contribution >= 0.6 is 0 Å². The summed E-state index contributed by atoms with van der Waals surface area (Å²) in [4.78, 5) is 55.4. The van der Waals surface area contributed by atoms with Gasteiger partial charge in [-0.05, 0) is 35.4 Å². The van der Waals surface area contributed by atoms with Crippen LogP contribution in [0.5, 0.6) is 0 Å². The third-order valence-electron chi connectivity index (χ3n) is 6.33. The van der Waals surface area contributed by atoms with Gasteiger partial charge in [-0.15, -0.1) is 0 Å². The van der Waals surface area contributed by atoms with E-state index in [0.717, 1.165) is 4.90 Å². The minimum absolute atomic E-state index is 0.111. The van der Waals surface area contributed by atoms with Crippen LogP contribution in [-0.2, 0) is 9.59 Å². The molecular formula is C27H21N5O5. The first-order valence-corrected chi connectivity index (χ1v) is 11.4. The van der Waals surface area contributed by atoms with Gasteiger partial charge in [-0.3, -0.25) is 34.5 Å². The first-order chi connectivity index (χ1) is 17.7. The number of imide groups is 1. The lowest BCUT2D eigenvalue weighted by Crippen LogP contribution is -2.27. The monoisotopic (exact) mass is 495 g/mol. The molecule has 1 atom stereocenters. The van der Waals surface area contributed by atoms with Gasteiger partial charge in [0.2, 0.25) is 5.91 Å². The zero-order valence-electron chi connectivity index (χ0n) is 19.9. The number of rotatable bonds is 5. The maximum Gasteiger partial charge on any atom is 0.331 e. The molecule has 0 aromatic heterocycles. The smallest absolute Gasteiger partial charge is 0.325 e. The molecule has 4 amide bonds. The average molecular weight is 495 g/mol. The van der Waals surface area contributed by atoms with Gasteiger partial charge in [0.25, 0.3) is 11.6 Å². The van der Waals surface area contributed by atoms with Crippen LogP contribution in [0, 0.1) is 10.1 Å². The molecule has 10 heteroatoms.